The topological polar surface area (TPSA) is 3.24 Å². The van der Waals surface area contributed by atoms with Crippen LogP contribution >= 0.6 is 12.6 Å². The van der Waals surface area contributed by atoms with Gasteiger partial charge in [0.15, 0.2) is 0 Å². The van der Waals surface area contributed by atoms with Gasteiger partial charge in [-0.05, 0) is 43.4 Å². The summed E-state index contributed by atoms with van der Waals surface area (Å²) < 4.78 is 0. The Morgan fingerprint density at radius 2 is 1.93 bits per heavy atom. The van der Waals surface area contributed by atoms with Crippen LogP contribution in [-0.2, 0) is 0 Å². The molecule has 1 unspecified atom stereocenters. The number of rotatable bonds is 7. The second kappa shape index (κ2) is 6.02. The van der Waals surface area contributed by atoms with Crippen molar-refractivity contribution in [2.75, 3.05) is 18.8 Å². The summed E-state index contributed by atoms with van der Waals surface area (Å²) in [6.07, 6.45) is 4.20. The first-order valence-electron chi connectivity index (χ1n) is 5.98. The van der Waals surface area contributed by atoms with Crippen LogP contribution in [0.1, 0.15) is 40.0 Å². The SMILES string of the molecule is CC(C)CCN(CC(C)CS)C1CC1. The molecule has 0 aromatic carbocycles. The molecule has 0 bridgehead atoms. The maximum absolute atomic E-state index is 4.36. The average molecular weight is 215 g/mol. The van der Waals surface area contributed by atoms with E-state index >= 15 is 0 Å². The van der Waals surface area contributed by atoms with Crippen molar-refractivity contribution >= 4 is 12.6 Å². The van der Waals surface area contributed by atoms with Crippen molar-refractivity contribution in [3.63, 3.8) is 0 Å². The third-order valence-electron chi connectivity index (χ3n) is 2.91. The van der Waals surface area contributed by atoms with Crippen molar-refractivity contribution in [2.45, 2.75) is 46.1 Å². The van der Waals surface area contributed by atoms with Gasteiger partial charge in [0, 0.05) is 12.6 Å². The molecule has 1 fully saturated rings. The smallest absolute Gasteiger partial charge is 0.00965 e. The molecule has 0 heterocycles. The predicted molar refractivity (Wildman–Crippen MR) is 67.1 cm³/mol. The molecule has 0 N–H and O–H groups in total. The van der Waals surface area contributed by atoms with E-state index in [4.69, 9.17) is 0 Å². The Kier molecular flexibility index (Phi) is 5.32. The van der Waals surface area contributed by atoms with Gasteiger partial charge in [0.1, 0.15) is 0 Å². The highest BCUT2D eigenvalue weighted by Crippen LogP contribution is 2.28. The van der Waals surface area contributed by atoms with Gasteiger partial charge in [-0.15, -0.1) is 0 Å². The van der Waals surface area contributed by atoms with Crippen LogP contribution in [0.3, 0.4) is 0 Å². The Bertz CT molecular complexity index is 154. The first kappa shape index (κ1) is 12.4. The molecule has 0 saturated heterocycles. The summed E-state index contributed by atoms with van der Waals surface area (Å²) in [5, 5.41) is 0. The second-order valence-electron chi connectivity index (χ2n) is 5.20. The van der Waals surface area contributed by atoms with E-state index in [0.29, 0.717) is 0 Å². The summed E-state index contributed by atoms with van der Waals surface area (Å²) in [5.74, 6) is 2.60. The molecule has 1 nitrogen and oxygen atoms in total. The van der Waals surface area contributed by atoms with E-state index in [9.17, 15) is 0 Å². The number of hydrogen-bond donors (Lipinski definition) is 1. The highest BCUT2D eigenvalue weighted by molar-refractivity contribution is 7.80. The maximum Gasteiger partial charge on any atom is 0.00965 e. The van der Waals surface area contributed by atoms with Gasteiger partial charge in [-0.2, -0.15) is 12.6 Å². The predicted octanol–water partition coefficient (Wildman–Crippen LogP) is 3.06. The lowest BCUT2D eigenvalue weighted by Crippen LogP contribution is -2.32. The Morgan fingerprint density at radius 3 is 2.36 bits per heavy atom. The van der Waals surface area contributed by atoms with Crippen LogP contribution in [0.5, 0.6) is 0 Å². The van der Waals surface area contributed by atoms with Gasteiger partial charge in [0.2, 0.25) is 0 Å². The van der Waals surface area contributed by atoms with Gasteiger partial charge in [-0.1, -0.05) is 20.8 Å². The number of thiol groups is 1. The summed E-state index contributed by atoms with van der Waals surface area (Å²) in [6.45, 7) is 9.47. The van der Waals surface area contributed by atoms with E-state index in [1.807, 2.05) is 0 Å². The molecule has 0 radical (unpaired) electrons. The third-order valence-corrected chi connectivity index (χ3v) is 3.54. The monoisotopic (exact) mass is 215 g/mol. The molecule has 1 rings (SSSR count). The van der Waals surface area contributed by atoms with Crippen molar-refractivity contribution in [1.82, 2.24) is 4.90 Å². The summed E-state index contributed by atoms with van der Waals surface area (Å²) in [6, 6.07) is 0.913. The largest absolute Gasteiger partial charge is 0.300 e. The molecule has 0 aliphatic heterocycles. The summed E-state index contributed by atoms with van der Waals surface area (Å²) in [7, 11) is 0. The minimum absolute atomic E-state index is 0.742. The van der Waals surface area contributed by atoms with Gasteiger partial charge < -0.3 is 4.90 Å². The minimum Gasteiger partial charge on any atom is -0.300 e. The average Bonchev–Trinajstić information content (AvgIpc) is 2.94. The second-order valence-corrected chi connectivity index (χ2v) is 5.56. The molecule has 1 saturated carbocycles. The Labute approximate surface area is 94.7 Å². The van der Waals surface area contributed by atoms with Gasteiger partial charge in [0.05, 0.1) is 0 Å². The van der Waals surface area contributed by atoms with Crippen LogP contribution in [0, 0.1) is 11.8 Å². The molecule has 84 valence electrons. The lowest BCUT2D eigenvalue weighted by atomic mass is 10.1. The van der Waals surface area contributed by atoms with E-state index in [2.05, 4.69) is 38.3 Å². The minimum atomic E-state index is 0.742. The number of hydrogen-bond acceptors (Lipinski definition) is 2. The summed E-state index contributed by atoms with van der Waals surface area (Å²) in [5.41, 5.74) is 0. The van der Waals surface area contributed by atoms with E-state index in [1.54, 1.807) is 0 Å². The lowest BCUT2D eigenvalue weighted by Gasteiger charge is -2.25. The zero-order chi connectivity index (χ0) is 10.6. The fraction of sp³-hybridized carbons (Fsp3) is 1.00. The number of nitrogens with zero attached hydrogens (tertiary/aromatic N) is 1. The van der Waals surface area contributed by atoms with Crippen molar-refractivity contribution in [1.29, 1.82) is 0 Å². The van der Waals surface area contributed by atoms with Crippen LogP contribution < -0.4 is 0 Å². The Balaban J connectivity index is 2.24. The molecule has 0 amide bonds. The van der Waals surface area contributed by atoms with Crippen molar-refractivity contribution in [2.24, 2.45) is 11.8 Å². The summed E-state index contributed by atoms with van der Waals surface area (Å²) >= 11 is 4.36. The molecule has 14 heavy (non-hydrogen) atoms. The molecule has 1 aliphatic rings. The third kappa shape index (κ3) is 4.70. The van der Waals surface area contributed by atoms with Crippen molar-refractivity contribution in [3.05, 3.63) is 0 Å². The molecule has 0 aromatic heterocycles. The van der Waals surface area contributed by atoms with E-state index in [0.717, 1.165) is 23.6 Å². The quantitative estimate of drug-likeness (QED) is 0.639. The van der Waals surface area contributed by atoms with E-state index in [-0.39, 0.29) is 0 Å². The maximum atomic E-state index is 4.36. The highest BCUT2D eigenvalue weighted by Gasteiger charge is 2.29. The van der Waals surface area contributed by atoms with Gasteiger partial charge in [0.25, 0.3) is 0 Å². The molecule has 1 aliphatic carbocycles. The molecule has 1 atom stereocenters. The Morgan fingerprint density at radius 1 is 1.29 bits per heavy atom. The van der Waals surface area contributed by atoms with Crippen molar-refractivity contribution in [3.8, 4) is 0 Å². The highest BCUT2D eigenvalue weighted by atomic mass is 32.1. The lowest BCUT2D eigenvalue weighted by molar-refractivity contribution is 0.223. The molecule has 0 spiro atoms. The fourth-order valence-corrected chi connectivity index (χ4v) is 1.86. The van der Waals surface area contributed by atoms with Gasteiger partial charge in [-0.3, -0.25) is 0 Å². The van der Waals surface area contributed by atoms with Crippen LogP contribution in [0.15, 0.2) is 0 Å². The van der Waals surface area contributed by atoms with Crippen LogP contribution in [0.4, 0.5) is 0 Å². The zero-order valence-electron chi connectivity index (χ0n) is 9.87. The Hall–Kier alpha value is 0.310. The molecular formula is C12H25NS. The fourth-order valence-electron chi connectivity index (χ4n) is 1.74. The summed E-state index contributed by atoms with van der Waals surface area (Å²) in [4.78, 5) is 2.68. The van der Waals surface area contributed by atoms with E-state index < -0.39 is 0 Å². The molecular weight excluding hydrogens is 190 g/mol. The van der Waals surface area contributed by atoms with Crippen LogP contribution in [-0.4, -0.2) is 29.8 Å². The van der Waals surface area contributed by atoms with Crippen LogP contribution in [0.2, 0.25) is 0 Å². The van der Waals surface area contributed by atoms with Gasteiger partial charge >= 0.3 is 0 Å². The standard InChI is InChI=1S/C12H25NS/c1-10(2)6-7-13(12-4-5-12)8-11(3)9-14/h10-12,14H,4-9H2,1-3H3. The normalized spacial score (nSPS) is 19.3. The van der Waals surface area contributed by atoms with E-state index in [1.165, 1.54) is 32.4 Å². The van der Waals surface area contributed by atoms with Crippen LogP contribution in [0.25, 0.3) is 0 Å². The molecule has 2 heteroatoms. The first-order valence-corrected chi connectivity index (χ1v) is 6.61. The zero-order valence-corrected chi connectivity index (χ0v) is 10.8. The first-order chi connectivity index (χ1) is 6.63. The van der Waals surface area contributed by atoms with Crippen molar-refractivity contribution < 1.29 is 0 Å². The molecule has 0 aromatic rings. The van der Waals surface area contributed by atoms with Gasteiger partial charge in [-0.25, -0.2) is 0 Å².